The van der Waals surface area contributed by atoms with Crippen molar-refractivity contribution in [2.24, 2.45) is 5.92 Å². The maximum Gasteiger partial charge on any atom is 0.225 e. The summed E-state index contributed by atoms with van der Waals surface area (Å²) in [4.78, 5) is 13.6. The molecule has 0 bridgehead atoms. The molecule has 1 fully saturated rings. The van der Waals surface area contributed by atoms with E-state index >= 15 is 0 Å². The minimum atomic E-state index is -0.332. The van der Waals surface area contributed by atoms with Crippen molar-refractivity contribution >= 4 is 17.5 Å². The second kappa shape index (κ2) is 5.07. The summed E-state index contributed by atoms with van der Waals surface area (Å²) in [5, 5.41) is 9.87. The van der Waals surface area contributed by atoms with Crippen molar-refractivity contribution in [2.45, 2.75) is 19.4 Å². The van der Waals surface area contributed by atoms with Crippen LogP contribution in [0.15, 0.2) is 24.3 Å². The highest BCUT2D eigenvalue weighted by Crippen LogP contribution is 2.17. The van der Waals surface area contributed by atoms with Gasteiger partial charge in [0.1, 0.15) is 0 Å². The summed E-state index contributed by atoms with van der Waals surface area (Å²) in [5.74, 6) is 0.0638. The van der Waals surface area contributed by atoms with Crippen LogP contribution in [-0.2, 0) is 11.2 Å². The quantitative estimate of drug-likeness (QED) is 0.891. The van der Waals surface area contributed by atoms with Gasteiger partial charge in [0.15, 0.2) is 0 Å². The fourth-order valence-corrected chi connectivity index (χ4v) is 2.13. The van der Waals surface area contributed by atoms with Gasteiger partial charge in [0.25, 0.3) is 0 Å². The first kappa shape index (κ1) is 12.4. The number of benzene rings is 1. The Morgan fingerprint density at radius 1 is 1.47 bits per heavy atom. The fourth-order valence-electron chi connectivity index (χ4n) is 2.01. The molecule has 0 saturated carbocycles. The minimum absolute atomic E-state index is 0.0522. The molecule has 0 aliphatic carbocycles. The molecular weight excluding hydrogens is 238 g/mol. The number of carbonyl (C=O) groups is 1. The second-order valence-corrected chi connectivity index (χ2v) is 5.07. The molecule has 17 heavy (non-hydrogen) atoms. The SMILES string of the molecule is CC(Cc1ccc(Cl)cc1)C(=O)N1CC(O)C1. The van der Waals surface area contributed by atoms with Crippen molar-refractivity contribution in [3.8, 4) is 0 Å². The average molecular weight is 254 g/mol. The molecular formula is C13H16ClNO2. The number of likely N-dealkylation sites (tertiary alicyclic amines) is 1. The second-order valence-electron chi connectivity index (χ2n) is 4.63. The number of nitrogens with zero attached hydrogens (tertiary/aromatic N) is 1. The summed E-state index contributed by atoms with van der Waals surface area (Å²) >= 11 is 5.81. The van der Waals surface area contributed by atoms with E-state index in [1.165, 1.54) is 0 Å². The highest BCUT2D eigenvalue weighted by atomic mass is 35.5. The van der Waals surface area contributed by atoms with Crippen molar-refractivity contribution in [3.05, 3.63) is 34.9 Å². The third-order valence-corrected chi connectivity index (χ3v) is 3.30. The van der Waals surface area contributed by atoms with Gasteiger partial charge in [-0.15, -0.1) is 0 Å². The predicted octanol–water partition coefficient (Wildman–Crippen LogP) is 1.72. The van der Waals surface area contributed by atoms with Crippen LogP contribution in [0.5, 0.6) is 0 Å². The van der Waals surface area contributed by atoms with Crippen LogP contribution >= 0.6 is 11.6 Å². The monoisotopic (exact) mass is 253 g/mol. The lowest BCUT2D eigenvalue weighted by atomic mass is 9.98. The Morgan fingerprint density at radius 3 is 2.59 bits per heavy atom. The van der Waals surface area contributed by atoms with Gasteiger partial charge in [-0.2, -0.15) is 0 Å². The first-order valence-corrected chi connectivity index (χ1v) is 6.15. The standard InChI is InChI=1S/C13H16ClNO2/c1-9(13(17)15-7-12(16)8-15)6-10-2-4-11(14)5-3-10/h2-5,9,12,16H,6-8H2,1H3. The van der Waals surface area contributed by atoms with Crippen molar-refractivity contribution in [3.63, 3.8) is 0 Å². The van der Waals surface area contributed by atoms with Gasteiger partial charge in [-0.3, -0.25) is 4.79 Å². The van der Waals surface area contributed by atoms with Crippen LogP contribution in [0.1, 0.15) is 12.5 Å². The van der Waals surface area contributed by atoms with Crippen molar-refractivity contribution in [2.75, 3.05) is 13.1 Å². The number of carbonyl (C=O) groups excluding carboxylic acids is 1. The van der Waals surface area contributed by atoms with E-state index in [4.69, 9.17) is 16.7 Å². The molecule has 0 spiro atoms. The van der Waals surface area contributed by atoms with Crippen LogP contribution in [0.25, 0.3) is 0 Å². The summed E-state index contributed by atoms with van der Waals surface area (Å²) in [6, 6.07) is 7.55. The zero-order valence-corrected chi connectivity index (χ0v) is 10.5. The minimum Gasteiger partial charge on any atom is -0.389 e. The van der Waals surface area contributed by atoms with Gasteiger partial charge in [0.2, 0.25) is 5.91 Å². The van der Waals surface area contributed by atoms with E-state index in [0.717, 1.165) is 5.56 Å². The highest BCUT2D eigenvalue weighted by molar-refractivity contribution is 6.30. The van der Waals surface area contributed by atoms with Crippen LogP contribution in [-0.4, -0.2) is 35.1 Å². The average Bonchev–Trinajstić information content (AvgIpc) is 2.27. The highest BCUT2D eigenvalue weighted by Gasteiger charge is 2.31. The molecule has 0 aromatic heterocycles. The number of halogens is 1. The van der Waals surface area contributed by atoms with Crippen LogP contribution in [0.3, 0.4) is 0 Å². The third-order valence-electron chi connectivity index (χ3n) is 3.05. The van der Waals surface area contributed by atoms with Gasteiger partial charge < -0.3 is 10.0 Å². The van der Waals surface area contributed by atoms with Crippen LogP contribution < -0.4 is 0 Å². The normalized spacial score (nSPS) is 17.7. The number of amides is 1. The van der Waals surface area contributed by atoms with E-state index in [9.17, 15) is 4.79 Å². The lowest BCUT2D eigenvalue weighted by Gasteiger charge is -2.37. The number of hydrogen-bond donors (Lipinski definition) is 1. The van der Waals surface area contributed by atoms with Gasteiger partial charge in [0, 0.05) is 24.0 Å². The smallest absolute Gasteiger partial charge is 0.225 e. The number of β-amino-alcohol motifs (C(OH)–C–C–N with tert-alkyl or cyclic N) is 1. The van der Waals surface area contributed by atoms with E-state index in [1.54, 1.807) is 4.90 Å². The maximum absolute atomic E-state index is 11.9. The number of rotatable bonds is 3. The molecule has 1 aliphatic rings. The Hall–Kier alpha value is -1.06. The molecule has 3 nitrogen and oxygen atoms in total. The molecule has 1 aromatic carbocycles. The maximum atomic E-state index is 11.9. The van der Waals surface area contributed by atoms with E-state index in [1.807, 2.05) is 31.2 Å². The molecule has 2 rings (SSSR count). The summed E-state index contributed by atoms with van der Waals surface area (Å²) in [5.41, 5.74) is 1.11. The van der Waals surface area contributed by atoms with Crippen LogP contribution in [0.4, 0.5) is 0 Å². The number of aliphatic hydroxyl groups is 1. The largest absolute Gasteiger partial charge is 0.389 e. The van der Waals surface area contributed by atoms with Crippen LogP contribution in [0, 0.1) is 5.92 Å². The first-order chi connectivity index (χ1) is 8.06. The molecule has 1 saturated heterocycles. The Bertz CT molecular complexity index is 398. The molecule has 1 amide bonds. The third kappa shape index (κ3) is 2.99. The summed E-state index contributed by atoms with van der Waals surface area (Å²) in [7, 11) is 0. The zero-order valence-electron chi connectivity index (χ0n) is 9.77. The molecule has 4 heteroatoms. The van der Waals surface area contributed by atoms with Gasteiger partial charge in [-0.25, -0.2) is 0 Å². The van der Waals surface area contributed by atoms with Gasteiger partial charge >= 0.3 is 0 Å². The predicted molar refractivity (Wildman–Crippen MR) is 66.9 cm³/mol. The lowest BCUT2D eigenvalue weighted by Crippen LogP contribution is -2.55. The lowest BCUT2D eigenvalue weighted by molar-refractivity contribution is -0.145. The molecule has 0 radical (unpaired) electrons. The Kier molecular flexibility index (Phi) is 3.69. The molecule has 1 atom stereocenters. The van der Waals surface area contributed by atoms with Gasteiger partial charge in [-0.1, -0.05) is 30.7 Å². The number of hydrogen-bond acceptors (Lipinski definition) is 2. The zero-order chi connectivity index (χ0) is 12.4. The fraction of sp³-hybridized carbons (Fsp3) is 0.462. The molecule has 1 aliphatic heterocycles. The summed E-state index contributed by atoms with van der Waals surface area (Å²) in [6.45, 7) is 2.87. The number of aliphatic hydroxyl groups excluding tert-OH is 1. The van der Waals surface area contributed by atoms with E-state index < -0.39 is 0 Å². The van der Waals surface area contributed by atoms with E-state index in [-0.39, 0.29) is 17.9 Å². The van der Waals surface area contributed by atoms with Crippen molar-refractivity contribution in [1.29, 1.82) is 0 Å². The van der Waals surface area contributed by atoms with E-state index in [0.29, 0.717) is 24.5 Å². The Balaban J connectivity index is 1.90. The van der Waals surface area contributed by atoms with Crippen molar-refractivity contribution in [1.82, 2.24) is 4.90 Å². The molecule has 1 unspecified atom stereocenters. The van der Waals surface area contributed by atoms with Gasteiger partial charge in [0.05, 0.1) is 6.10 Å². The van der Waals surface area contributed by atoms with Gasteiger partial charge in [-0.05, 0) is 24.1 Å². The van der Waals surface area contributed by atoms with Crippen molar-refractivity contribution < 1.29 is 9.90 Å². The van der Waals surface area contributed by atoms with Crippen LogP contribution in [0.2, 0.25) is 5.02 Å². The molecule has 1 N–H and O–H groups in total. The summed E-state index contributed by atoms with van der Waals surface area (Å²) < 4.78 is 0. The Morgan fingerprint density at radius 2 is 2.06 bits per heavy atom. The first-order valence-electron chi connectivity index (χ1n) is 5.77. The molecule has 92 valence electrons. The summed E-state index contributed by atoms with van der Waals surface area (Å²) in [6.07, 6.45) is 0.379. The molecule has 1 aromatic rings. The topological polar surface area (TPSA) is 40.5 Å². The Labute approximate surface area is 106 Å². The molecule has 1 heterocycles. The van der Waals surface area contributed by atoms with E-state index in [2.05, 4.69) is 0 Å².